The van der Waals surface area contributed by atoms with Gasteiger partial charge in [-0.3, -0.25) is 14.6 Å². The van der Waals surface area contributed by atoms with E-state index in [4.69, 9.17) is 0 Å². The highest BCUT2D eigenvalue weighted by molar-refractivity contribution is 5.92. The Hall–Kier alpha value is -2.18. The van der Waals surface area contributed by atoms with Crippen LogP contribution < -0.4 is 5.32 Å². The molecule has 0 bridgehead atoms. The molecule has 7 heteroatoms. The average molecular weight is 234 g/mol. The van der Waals surface area contributed by atoms with E-state index >= 15 is 0 Å². The van der Waals surface area contributed by atoms with Crippen molar-refractivity contribution < 1.29 is 4.79 Å². The van der Waals surface area contributed by atoms with Crippen LogP contribution in [-0.4, -0.2) is 30.9 Å². The summed E-state index contributed by atoms with van der Waals surface area (Å²) in [6.07, 6.45) is 1.40. The van der Waals surface area contributed by atoms with Crippen LogP contribution in [0.4, 0.5) is 0 Å². The minimum Gasteiger partial charge on any atom is -0.343 e. The molecule has 0 aromatic carbocycles. The zero-order valence-electron chi connectivity index (χ0n) is 9.77. The van der Waals surface area contributed by atoms with Gasteiger partial charge in [-0.05, 0) is 19.9 Å². The van der Waals surface area contributed by atoms with E-state index in [9.17, 15) is 4.79 Å². The molecule has 0 aliphatic heterocycles. The molecular formula is C10H14N6O. The molecule has 0 radical (unpaired) electrons. The monoisotopic (exact) mass is 234 g/mol. The van der Waals surface area contributed by atoms with E-state index in [1.54, 1.807) is 10.7 Å². The van der Waals surface area contributed by atoms with Gasteiger partial charge >= 0.3 is 0 Å². The summed E-state index contributed by atoms with van der Waals surface area (Å²) in [5.41, 5.74) is 1.39. The van der Waals surface area contributed by atoms with Crippen LogP contribution >= 0.6 is 0 Å². The average Bonchev–Trinajstić information content (AvgIpc) is 2.94. The van der Waals surface area contributed by atoms with Crippen LogP contribution in [0.15, 0.2) is 12.4 Å². The molecule has 0 atom stereocenters. The maximum Gasteiger partial charge on any atom is 0.269 e. The Bertz CT molecular complexity index is 501. The fourth-order valence-corrected chi connectivity index (χ4v) is 1.54. The number of carbonyl (C=O) groups excluding carboxylic acids is 1. The third kappa shape index (κ3) is 2.49. The van der Waals surface area contributed by atoms with Crippen molar-refractivity contribution in [2.24, 2.45) is 0 Å². The van der Waals surface area contributed by atoms with Crippen molar-refractivity contribution in [3.05, 3.63) is 29.6 Å². The first-order valence-electron chi connectivity index (χ1n) is 5.37. The molecule has 2 aromatic rings. The fourth-order valence-electron chi connectivity index (χ4n) is 1.54. The zero-order valence-corrected chi connectivity index (χ0v) is 9.77. The van der Waals surface area contributed by atoms with E-state index in [0.717, 1.165) is 5.69 Å². The molecule has 90 valence electrons. The second-order valence-corrected chi connectivity index (χ2v) is 3.60. The first kappa shape index (κ1) is 11.3. The molecule has 0 saturated heterocycles. The van der Waals surface area contributed by atoms with Crippen molar-refractivity contribution in [3.8, 4) is 0 Å². The highest BCUT2D eigenvalue weighted by atomic mass is 16.2. The van der Waals surface area contributed by atoms with Crippen LogP contribution in [0.3, 0.4) is 0 Å². The van der Waals surface area contributed by atoms with Gasteiger partial charge in [-0.2, -0.15) is 10.2 Å². The number of carbonyl (C=O) groups is 1. The van der Waals surface area contributed by atoms with E-state index < -0.39 is 0 Å². The topological polar surface area (TPSA) is 88.5 Å². The van der Waals surface area contributed by atoms with Crippen LogP contribution in [0.2, 0.25) is 0 Å². The molecule has 0 spiro atoms. The lowest BCUT2D eigenvalue weighted by Gasteiger charge is -2.04. The number of aryl methyl sites for hydroxylation is 2. The Morgan fingerprint density at radius 3 is 3.06 bits per heavy atom. The Morgan fingerprint density at radius 2 is 2.41 bits per heavy atom. The summed E-state index contributed by atoms with van der Waals surface area (Å²) in [5.74, 6) is 0.460. The number of amides is 1. The first-order valence-corrected chi connectivity index (χ1v) is 5.37. The Kier molecular flexibility index (Phi) is 3.17. The normalized spacial score (nSPS) is 10.5. The van der Waals surface area contributed by atoms with E-state index in [0.29, 0.717) is 24.6 Å². The van der Waals surface area contributed by atoms with Crippen LogP contribution in [0.1, 0.15) is 28.9 Å². The van der Waals surface area contributed by atoms with Gasteiger partial charge in [-0.15, -0.1) is 0 Å². The van der Waals surface area contributed by atoms with Crippen LogP contribution in [0, 0.1) is 6.92 Å². The SMILES string of the molecule is CCn1nc(C)cc1C(=O)NCc1ncn[nH]1. The van der Waals surface area contributed by atoms with Gasteiger partial charge in [0.15, 0.2) is 0 Å². The molecular weight excluding hydrogens is 220 g/mol. The number of hydrogen-bond acceptors (Lipinski definition) is 4. The second kappa shape index (κ2) is 4.77. The minimum absolute atomic E-state index is 0.163. The van der Waals surface area contributed by atoms with Crippen LogP contribution in [-0.2, 0) is 13.1 Å². The maximum absolute atomic E-state index is 11.9. The van der Waals surface area contributed by atoms with Gasteiger partial charge < -0.3 is 5.32 Å². The number of H-pyrrole nitrogens is 1. The molecule has 17 heavy (non-hydrogen) atoms. The largest absolute Gasteiger partial charge is 0.343 e. The zero-order chi connectivity index (χ0) is 12.3. The number of nitrogens with zero attached hydrogens (tertiary/aromatic N) is 4. The van der Waals surface area contributed by atoms with Gasteiger partial charge in [0.2, 0.25) is 0 Å². The molecule has 0 fully saturated rings. The molecule has 0 unspecified atom stereocenters. The molecule has 2 N–H and O–H groups in total. The highest BCUT2D eigenvalue weighted by Gasteiger charge is 2.12. The third-order valence-corrected chi connectivity index (χ3v) is 2.32. The van der Waals surface area contributed by atoms with Gasteiger partial charge in [-0.1, -0.05) is 0 Å². The van der Waals surface area contributed by atoms with Gasteiger partial charge in [0.25, 0.3) is 5.91 Å². The van der Waals surface area contributed by atoms with Gasteiger partial charge in [0.1, 0.15) is 17.8 Å². The summed E-state index contributed by atoms with van der Waals surface area (Å²) in [4.78, 5) is 15.8. The van der Waals surface area contributed by atoms with Crippen LogP contribution in [0.25, 0.3) is 0 Å². The lowest BCUT2D eigenvalue weighted by Crippen LogP contribution is -2.26. The Balaban J connectivity index is 2.04. The van der Waals surface area contributed by atoms with E-state index in [2.05, 4.69) is 25.6 Å². The minimum atomic E-state index is -0.163. The number of rotatable bonds is 4. The number of aromatic amines is 1. The molecule has 0 aliphatic rings. The predicted molar refractivity (Wildman–Crippen MR) is 60.2 cm³/mol. The van der Waals surface area contributed by atoms with Crippen molar-refractivity contribution in [2.75, 3.05) is 0 Å². The van der Waals surface area contributed by atoms with Crippen molar-refractivity contribution in [3.63, 3.8) is 0 Å². The number of hydrogen-bond donors (Lipinski definition) is 2. The smallest absolute Gasteiger partial charge is 0.269 e. The third-order valence-electron chi connectivity index (χ3n) is 2.32. The molecule has 1 amide bonds. The van der Waals surface area contributed by atoms with Gasteiger partial charge in [0, 0.05) is 6.54 Å². The summed E-state index contributed by atoms with van der Waals surface area (Å²) in [7, 11) is 0. The standard InChI is InChI=1S/C10H14N6O/c1-3-16-8(4-7(2)15-16)10(17)11-5-9-12-6-13-14-9/h4,6H,3,5H2,1-2H3,(H,11,17)(H,12,13,14). The summed E-state index contributed by atoms with van der Waals surface area (Å²) < 4.78 is 1.67. The van der Waals surface area contributed by atoms with E-state index in [1.807, 2.05) is 13.8 Å². The van der Waals surface area contributed by atoms with E-state index in [1.165, 1.54) is 6.33 Å². The molecule has 2 rings (SSSR count). The first-order chi connectivity index (χ1) is 8.20. The maximum atomic E-state index is 11.9. The summed E-state index contributed by atoms with van der Waals surface area (Å²) >= 11 is 0. The number of aromatic nitrogens is 5. The van der Waals surface area contributed by atoms with Gasteiger partial charge in [0.05, 0.1) is 12.2 Å². The fraction of sp³-hybridized carbons (Fsp3) is 0.400. The summed E-state index contributed by atoms with van der Waals surface area (Å²) in [5, 5.41) is 13.4. The van der Waals surface area contributed by atoms with Crippen molar-refractivity contribution >= 4 is 5.91 Å². The van der Waals surface area contributed by atoms with Gasteiger partial charge in [-0.25, -0.2) is 4.98 Å². The molecule has 2 heterocycles. The summed E-state index contributed by atoms with van der Waals surface area (Å²) in [6, 6.07) is 1.76. The van der Waals surface area contributed by atoms with Crippen LogP contribution in [0.5, 0.6) is 0 Å². The molecule has 0 aliphatic carbocycles. The molecule has 2 aromatic heterocycles. The van der Waals surface area contributed by atoms with Crippen molar-refractivity contribution in [2.45, 2.75) is 26.9 Å². The highest BCUT2D eigenvalue weighted by Crippen LogP contribution is 2.03. The Labute approximate surface area is 98.2 Å². The quantitative estimate of drug-likeness (QED) is 0.794. The van der Waals surface area contributed by atoms with Crippen molar-refractivity contribution in [1.29, 1.82) is 0 Å². The Morgan fingerprint density at radius 1 is 1.59 bits per heavy atom. The molecule has 7 nitrogen and oxygen atoms in total. The lowest BCUT2D eigenvalue weighted by molar-refractivity contribution is 0.0939. The lowest BCUT2D eigenvalue weighted by atomic mass is 10.3. The molecule has 0 saturated carbocycles. The van der Waals surface area contributed by atoms with Crippen molar-refractivity contribution in [1.82, 2.24) is 30.3 Å². The predicted octanol–water partition coefficient (Wildman–Crippen LogP) is 0.260. The number of nitrogens with one attached hydrogen (secondary N) is 2. The second-order valence-electron chi connectivity index (χ2n) is 3.60. The summed E-state index contributed by atoms with van der Waals surface area (Å²) in [6.45, 7) is 4.80. The van der Waals surface area contributed by atoms with E-state index in [-0.39, 0.29) is 5.91 Å².